The molecular formula is C13H11N3O3S. The van der Waals surface area contributed by atoms with Crippen LogP contribution in [0.2, 0.25) is 0 Å². The summed E-state index contributed by atoms with van der Waals surface area (Å²) in [6, 6.07) is 3.62. The first kappa shape index (κ1) is 12.6. The van der Waals surface area contributed by atoms with Crippen molar-refractivity contribution in [1.82, 2.24) is 14.7 Å². The number of thiazole rings is 1. The lowest BCUT2D eigenvalue weighted by molar-refractivity contribution is 0.0951. The highest BCUT2D eigenvalue weighted by Crippen LogP contribution is 2.05. The molecule has 3 heterocycles. The SMILES string of the molecule is O=C(NCCc1ccco1)c1cnc2sccn2c1=O. The van der Waals surface area contributed by atoms with Gasteiger partial charge in [-0.3, -0.25) is 14.0 Å². The van der Waals surface area contributed by atoms with Crippen molar-refractivity contribution in [1.29, 1.82) is 0 Å². The summed E-state index contributed by atoms with van der Waals surface area (Å²) in [4.78, 5) is 28.7. The lowest BCUT2D eigenvalue weighted by Gasteiger charge is -2.03. The quantitative estimate of drug-likeness (QED) is 0.786. The Morgan fingerprint density at radius 3 is 3.20 bits per heavy atom. The first-order chi connectivity index (χ1) is 9.75. The Kier molecular flexibility index (Phi) is 3.34. The fourth-order valence-corrected chi connectivity index (χ4v) is 2.50. The Balaban J connectivity index is 1.72. The van der Waals surface area contributed by atoms with Crippen LogP contribution in [0.5, 0.6) is 0 Å². The van der Waals surface area contributed by atoms with Gasteiger partial charge >= 0.3 is 0 Å². The zero-order valence-electron chi connectivity index (χ0n) is 10.4. The van der Waals surface area contributed by atoms with Crippen LogP contribution < -0.4 is 10.9 Å². The molecule has 0 saturated carbocycles. The molecule has 0 bridgehead atoms. The van der Waals surface area contributed by atoms with Crippen LogP contribution in [0.25, 0.3) is 4.96 Å². The summed E-state index contributed by atoms with van der Waals surface area (Å²) in [7, 11) is 0. The van der Waals surface area contributed by atoms with Crippen molar-refractivity contribution in [2.45, 2.75) is 6.42 Å². The average molecular weight is 289 g/mol. The van der Waals surface area contributed by atoms with Crippen molar-refractivity contribution >= 4 is 22.2 Å². The van der Waals surface area contributed by atoms with Crippen LogP contribution in [-0.4, -0.2) is 21.8 Å². The predicted octanol–water partition coefficient (Wildman–Crippen LogP) is 1.32. The van der Waals surface area contributed by atoms with E-state index >= 15 is 0 Å². The largest absolute Gasteiger partial charge is 0.469 e. The molecule has 3 aromatic heterocycles. The van der Waals surface area contributed by atoms with Crippen LogP contribution in [0.15, 0.2) is 45.4 Å². The van der Waals surface area contributed by atoms with Crippen molar-refractivity contribution in [2.24, 2.45) is 0 Å². The van der Waals surface area contributed by atoms with E-state index in [4.69, 9.17) is 4.42 Å². The Hall–Kier alpha value is -2.41. The van der Waals surface area contributed by atoms with Crippen LogP contribution in [0.3, 0.4) is 0 Å². The minimum absolute atomic E-state index is 0.0420. The molecule has 0 radical (unpaired) electrons. The molecule has 3 rings (SSSR count). The number of carbonyl (C=O) groups excluding carboxylic acids is 1. The van der Waals surface area contributed by atoms with Gasteiger partial charge in [0, 0.05) is 30.7 Å². The fourth-order valence-electron chi connectivity index (χ4n) is 1.83. The van der Waals surface area contributed by atoms with E-state index in [1.165, 1.54) is 21.9 Å². The monoisotopic (exact) mass is 289 g/mol. The number of carbonyl (C=O) groups is 1. The van der Waals surface area contributed by atoms with Gasteiger partial charge in [-0.15, -0.1) is 11.3 Å². The molecule has 20 heavy (non-hydrogen) atoms. The van der Waals surface area contributed by atoms with Gasteiger partial charge in [0.15, 0.2) is 4.96 Å². The first-order valence-corrected chi connectivity index (χ1v) is 6.89. The minimum Gasteiger partial charge on any atom is -0.469 e. The third-order valence-electron chi connectivity index (χ3n) is 2.82. The normalized spacial score (nSPS) is 10.8. The molecule has 102 valence electrons. The molecular weight excluding hydrogens is 278 g/mol. The number of amides is 1. The van der Waals surface area contributed by atoms with E-state index in [1.54, 1.807) is 23.9 Å². The van der Waals surface area contributed by atoms with Gasteiger partial charge in [0.1, 0.15) is 11.3 Å². The molecule has 3 aromatic rings. The highest BCUT2D eigenvalue weighted by molar-refractivity contribution is 7.15. The topological polar surface area (TPSA) is 76.6 Å². The Morgan fingerprint density at radius 2 is 2.40 bits per heavy atom. The number of fused-ring (bicyclic) bond motifs is 1. The Morgan fingerprint density at radius 1 is 1.50 bits per heavy atom. The van der Waals surface area contributed by atoms with Gasteiger partial charge in [-0.2, -0.15) is 0 Å². The molecule has 0 aromatic carbocycles. The summed E-state index contributed by atoms with van der Waals surface area (Å²) in [6.45, 7) is 0.401. The second kappa shape index (κ2) is 5.30. The van der Waals surface area contributed by atoms with Gasteiger partial charge in [-0.1, -0.05) is 0 Å². The lowest BCUT2D eigenvalue weighted by atomic mass is 10.3. The summed E-state index contributed by atoms with van der Waals surface area (Å²) < 4.78 is 6.53. The van der Waals surface area contributed by atoms with Crippen LogP contribution >= 0.6 is 11.3 Å². The van der Waals surface area contributed by atoms with Gasteiger partial charge in [0.25, 0.3) is 11.5 Å². The van der Waals surface area contributed by atoms with Crippen LogP contribution in [0.1, 0.15) is 16.1 Å². The second-order valence-electron chi connectivity index (χ2n) is 4.12. The number of rotatable bonds is 4. The maximum atomic E-state index is 12.1. The smallest absolute Gasteiger partial charge is 0.271 e. The summed E-state index contributed by atoms with van der Waals surface area (Å²) in [5, 5.41) is 4.44. The van der Waals surface area contributed by atoms with Gasteiger partial charge < -0.3 is 9.73 Å². The first-order valence-electron chi connectivity index (χ1n) is 6.01. The van der Waals surface area contributed by atoms with E-state index in [0.717, 1.165) is 5.76 Å². The third kappa shape index (κ3) is 2.35. The molecule has 0 unspecified atom stereocenters. The average Bonchev–Trinajstić information content (AvgIpc) is 3.09. The Labute approximate surface area is 117 Å². The van der Waals surface area contributed by atoms with E-state index in [-0.39, 0.29) is 11.1 Å². The Bertz CT molecular complexity index is 789. The minimum atomic E-state index is -0.422. The van der Waals surface area contributed by atoms with E-state index < -0.39 is 5.91 Å². The van der Waals surface area contributed by atoms with Crippen molar-refractivity contribution in [3.8, 4) is 0 Å². The molecule has 1 amide bonds. The van der Waals surface area contributed by atoms with Crippen molar-refractivity contribution in [2.75, 3.05) is 6.54 Å². The van der Waals surface area contributed by atoms with E-state index in [2.05, 4.69) is 10.3 Å². The third-order valence-corrected chi connectivity index (χ3v) is 3.60. The van der Waals surface area contributed by atoms with Gasteiger partial charge in [-0.05, 0) is 12.1 Å². The highest BCUT2D eigenvalue weighted by atomic mass is 32.1. The molecule has 0 aliphatic carbocycles. The maximum Gasteiger partial charge on any atom is 0.271 e. The molecule has 0 atom stereocenters. The molecule has 1 N–H and O–H groups in total. The maximum absolute atomic E-state index is 12.1. The standard InChI is InChI=1S/C13H11N3O3S/c17-11(14-4-3-9-2-1-6-19-9)10-8-15-13-16(12(10)18)5-7-20-13/h1-2,5-8H,3-4H2,(H,14,17). The highest BCUT2D eigenvalue weighted by Gasteiger charge is 2.13. The van der Waals surface area contributed by atoms with Crippen LogP contribution in [0, 0.1) is 0 Å². The number of nitrogens with one attached hydrogen (secondary N) is 1. The summed E-state index contributed by atoms with van der Waals surface area (Å²) in [5.74, 6) is 0.364. The predicted molar refractivity (Wildman–Crippen MR) is 74.1 cm³/mol. The van der Waals surface area contributed by atoms with Gasteiger partial charge in [-0.25, -0.2) is 4.98 Å². The van der Waals surface area contributed by atoms with Gasteiger partial charge in [0.2, 0.25) is 0 Å². The summed E-state index contributed by atoms with van der Waals surface area (Å²) >= 11 is 1.35. The molecule has 0 aliphatic heterocycles. The van der Waals surface area contributed by atoms with Crippen molar-refractivity contribution < 1.29 is 9.21 Å². The second-order valence-corrected chi connectivity index (χ2v) is 4.99. The number of aromatic nitrogens is 2. The zero-order chi connectivity index (χ0) is 13.9. The number of furan rings is 1. The molecule has 0 aliphatic rings. The fraction of sp³-hybridized carbons (Fsp3) is 0.154. The van der Waals surface area contributed by atoms with Crippen LogP contribution in [-0.2, 0) is 6.42 Å². The number of hydrogen-bond donors (Lipinski definition) is 1. The van der Waals surface area contributed by atoms with E-state index in [0.29, 0.717) is 17.9 Å². The lowest BCUT2D eigenvalue weighted by Crippen LogP contribution is -2.32. The van der Waals surface area contributed by atoms with E-state index in [1.807, 2.05) is 6.07 Å². The molecule has 0 fully saturated rings. The number of hydrogen-bond acceptors (Lipinski definition) is 5. The van der Waals surface area contributed by atoms with Crippen LogP contribution in [0.4, 0.5) is 0 Å². The summed E-state index contributed by atoms with van der Waals surface area (Å²) in [5.41, 5.74) is -0.313. The van der Waals surface area contributed by atoms with E-state index in [9.17, 15) is 9.59 Å². The molecule has 0 saturated heterocycles. The zero-order valence-corrected chi connectivity index (χ0v) is 11.2. The molecule has 6 nitrogen and oxygen atoms in total. The van der Waals surface area contributed by atoms with Crippen molar-refractivity contribution in [3.63, 3.8) is 0 Å². The van der Waals surface area contributed by atoms with Crippen molar-refractivity contribution in [3.05, 3.63) is 57.8 Å². The van der Waals surface area contributed by atoms with Gasteiger partial charge in [0.05, 0.1) is 6.26 Å². The number of nitrogens with zero attached hydrogens (tertiary/aromatic N) is 2. The molecule has 7 heteroatoms. The molecule has 0 spiro atoms. The summed E-state index contributed by atoms with van der Waals surface area (Å²) in [6.07, 6.45) is 5.08.